The summed E-state index contributed by atoms with van der Waals surface area (Å²) in [7, 11) is 0. The van der Waals surface area contributed by atoms with Crippen molar-refractivity contribution in [3.05, 3.63) is 29.8 Å². The van der Waals surface area contributed by atoms with Gasteiger partial charge in [0.2, 0.25) is 0 Å². The molecule has 0 aromatic carbocycles. The molecule has 1 aliphatic heterocycles. The fourth-order valence-electron chi connectivity index (χ4n) is 1.94. The van der Waals surface area contributed by atoms with Crippen molar-refractivity contribution in [2.24, 2.45) is 0 Å². The molecule has 1 atom stereocenters. The van der Waals surface area contributed by atoms with Gasteiger partial charge in [-0.1, -0.05) is 0 Å². The quantitative estimate of drug-likeness (QED) is 0.865. The molecule has 102 valence electrons. The molecule has 7 heteroatoms. The normalized spacial score (nSPS) is 19.2. The van der Waals surface area contributed by atoms with Crippen LogP contribution in [0.3, 0.4) is 0 Å². The van der Waals surface area contributed by atoms with Crippen LogP contribution in [0.1, 0.15) is 16.8 Å². The van der Waals surface area contributed by atoms with Crippen molar-refractivity contribution >= 4 is 11.9 Å². The van der Waals surface area contributed by atoms with E-state index in [0.29, 0.717) is 6.54 Å². The maximum Gasteiger partial charge on any atom is 0.306 e. The first-order valence-electron chi connectivity index (χ1n) is 5.80. The molecular weight excluding hydrogens is 255 g/mol. The minimum absolute atomic E-state index is 0.0639. The molecule has 19 heavy (non-hydrogen) atoms. The number of amides is 1. The number of rotatable bonds is 3. The summed E-state index contributed by atoms with van der Waals surface area (Å²) in [5, 5.41) is 8.70. The zero-order chi connectivity index (χ0) is 13.8. The van der Waals surface area contributed by atoms with E-state index < -0.39 is 23.8 Å². The van der Waals surface area contributed by atoms with Gasteiger partial charge in [-0.15, -0.1) is 0 Å². The SMILES string of the molecule is O=C(O)CC1CN(C(=O)c2ccncc2F)CCO1. The number of carboxylic acids is 1. The Labute approximate surface area is 108 Å². The third-order valence-corrected chi connectivity index (χ3v) is 2.83. The predicted octanol–water partition coefficient (Wildman–Crippen LogP) is 0.536. The summed E-state index contributed by atoms with van der Waals surface area (Å²) in [5.41, 5.74) is -0.0639. The topological polar surface area (TPSA) is 79.7 Å². The summed E-state index contributed by atoms with van der Waals surface area (Å²) in [4.78, 5) is 27.7. The Morgan fingerprint density at radius 2 is 2.37 bits per heavy atom. The number of carbonyl (C=O) groups excluding carboxylic acids is 1. The number of carboxylic acid groups (broad SMARTS) is 1. The smallest absolute Gasteiger partial charge is 0.306 e. The van der Waals surface area contributed by atoms with Gasteiger partial charge in [0.05, 0.1) is 30.9 Å². The van der Waals surface area contributed by atoms with E-state index in [-0.39, 0.29) is 25.1 Å². The molecule has 1 aromatic heterocycles. The molecule has 1 aliphatic rings. The summed E-state index contributed by atoms with van der Waals surface area (Å²) < 4.78 is 18.7. The van der Waals surface area contributed by atoms with E-state index in [1.807, 2.05) is 0 Å². The van der Waals surface area contributed by atoms with Crippen LogP contribution in [-0.4, -0.2) is 52.7 Å². The molecule has 1 fully saturated rings. The number of aromatic nitrogens is 1. The minimum atomic E-state index is -0.991. The molecule has 0 bridgehead atoms. The van der Waals surface area contributed by atoms with Gasteiger partial charge in [0.15, 0.2) is 5.82 Å². The first-order chi connectivity index (χ1) is 9.08. The molecule has 0 saturated carbocycles. The van der Waals surface area contributed by atoms with Gasteiger partial charge in [-0.3, -0.25) is 14.6 Å². The number of pyridine rings is 1. The number of hydrogen-bond donors (Lipinski definition) is 1. The fourth-order valence-corrected chi connectivity index (χ4v) is 1.94. The van der Waals surface area contributed by atoms with Gasteiger partial charge in [0.25, 0.3) is 5.91 Å². The number of ether oxygens (including phenoxy) is 1. The van der Waals surface area contributed by atoms with Crippen molar-refractivity contribution in [2.45, 2.75) is 12.5 Å². The summed E-state index contributed by atoms with van der Waals surface area (Å²) >= 11 is 0. The van der Waals surface area contributed by atoms with Crippen LogP contribution >= 0.6 is 0 Å². The Morgan fingerprint density at radius 1 is 1.58 bits per heavy atom. The van der Waals surface area contributed by atoms with Gasteiger partial charge < -0.3 is 14.7 Å². The van der Waals surface area contributed by atoms with Gasteiger partial charge in [0, 0.05) is 19.3 Å². The maximum atomic E-state index is 13.5. The Bertz CT molecular complexity index is 494. The average molecular weight is 268 g/mol. The van der Waals surface area contributed by atoms with E-state index in [2.05, 4.69) is 4.98 Å². The Kier molecular flexibility index (Phi) is 4.06. The van der Waals surface area contributed by atoms with Gasteiger partial charge in [0.1, 0.15) is 0 Å². The molecule has 0 aliphatic carbocycles. The van der Waals surface area contributed by atoms with E-state index in [0.717, 1.165) is 6.20 Å². The maximum absolute atomic E-state index is 13.5. The van der Waals surface area contributed by atoms with Crippen molar-refractivity contribution in [2.75, 3.05) is 19.7 Å². The first-order valence-corrected chi connectivity index (χ1v) is 5.80. The lowest BCUT2D eigenvalue weighted by Gasteiger charge is -2.32. The van der Waals surface area contributed by atoms with Crippen LogP contribution in [-0.2, 0) is 9.53 Å². The van der Waals surface area contributed by atoms with Crippen molar-refractivity contribution in [3.8, 4) is 0 Å². The molecular formula is C12H13FN2O4. The van der Waals surface area contributed by atoms with Crippen LogP contribution in [0.2, 0.25) is 0 Å². The molecule has 2 rings (SSSR count). The van der Waals surface area contributed by atoms with Crippen molar-refractivity contribution in [1.82, 2.24) is 9.88 Å². The van der Waals surface area contributed by atoms with Crippen LogP contribution in [0, 0.1) is 5.82 Å². The largest absolute Gasteiger partial charge is 0.481 e. The van der Waals surface area contributed by atoms with Crippen LogP contribution in [0.15, 0.2) is 18.5 Å². The number of carbonyl (C=O) groups is 2. The van der Waals surface area contributed by atoms with Crippen molar-refractivity contribution in [1.29, 1.82) is 0 Å². The van der Waals surface area contributed by atoms with E-state index in [9.17, 15) is 14.0 Å². The van der Waals surface area contributed by atoms with E-state index in [1.54, 1.807) is 0 Å². The zero-order valence-corrected chi connectivity index (χ0v) is 10.1. The summed E-state index contributed by atoms with van der Waals surface area (Å²) in [6.45, 7) is 0.708. The third-order valence-electron chi connectivity index (χ3n) is 2.83. The fraction of sp³-hybridized carbons (Fsp3) is 0.417. The highest BCUT2D eigenvalue weighted by atomic mass is 19.1. The second kappa shape index (κ2) is 5.75. The Hall–Kier alpha value is -2.02. The van der Waals surface area contributed by atoms with Crippen LogP contribution in [0.5, 0.6) is 0 Å². The predicted molar refractivity (Wildman–Crippen MR) is 62.1 cm³/mol. The minimum Gasteiger partial charge on any atom is -0.481 e. The lowest BCUT2D eigenvalue weighted by molar-refractivity contribution is -0.141. The molecule has 1 saturated heterocycles. The second-order valence-corrected chi connectivity index (χ2v) is 4.20. The number of nitrogens with zero attached hydrogens (tertiary/aromatic N) is 2. The van der Waals surface area contributed by atoms with Crippen molar-refractivity contribution in [3.63, 3.8) is 0 Å². The molecule has 1 amide bonds. The van der Waals surface area contributed by atoms with Crippen LogP contribution in [0.25, 0.3) is 0 Å². The van der Waals surface area contributed by atoms with Gasteiger partial charge in [-0.25, -0.2) is 4.39 Å². The standard InChI is InChI=1S/C12H13FN2O4/c13-10-6-14-2-1-9(10)12(18)15-3-4-19-8(7-15)5-11(16)17/h1-2,6,8H,3-5,7H2,(H,16,17). The highest BCUT2D eigenvalue weighted by Gasteiger charge is 2.27. The summed E-state index contributed by atoms with van der Waals surface area (Å²) in [6.07, 6.45) is 1.58. The highest BCUT2D eigenvalue weighted by molar-refractivity contribution is 5.94. The summed E-state index contributed by atoms with van der Waals surface area (Å²) in [6, 6.07) is 1.30. The van der Waals surface area contributed by atoms with E-state index in [4.69, 9.17) is 9.84 Å². The molecule has 6 nitrogen and oxygen atoms in total. The van der Waals surface area contributed by atoms with Gasteiger partial charge >= 0.3 is 5.97 Å². The monoisotopic (exact) mass is 268 g/mol. The zero-order valence-electron chi connectivity index (χ0n) is 10.1. The van der Waals surface area contributed by atoms with Gasteiger partial charge in [-0.2, -0.15) is 0 Å². The van der Waals surface area contributed by atoms with Crippen molar-refractivity contribution < 1.29 is 23.8 Å². The number of morpholine rings is 1. The number of hydrogen-bond acceptors (Lipinski definition) is 4. The second-order valence-electron chi connectivity index (χ2n) is 4.20. The Morgan fingerprint density at radius 3 is 3.05 bits per heavy atom. The molecule has 1 unspecified atom stereocenters. The van der Waals surface area contributed by atoms with Crippen LogP contribution < -0.4 is 0 Å². The van der Waals surface area contributed by atoms with E-state index in [1.165, 1.54) is 17.2 Å². The lowest BCUT2D eigenvalue weighted by Crippen LogP contribution is -2.46. The molecule has 0 spiro atoms. The molecule has 1 N–H and O–H groups in total. The van der Waals surface area contributed by atoms with Crippen LogP contribution in [0.4, 0.5) is 4.39 Å². The number of halogens is 1. The molecule has 2 heterocycles. The number of aliphatic carboxylic acids is 1. The molecule has 1 aromatic rings. The molecule has 0 radical (unpaired) electrons. The lowest BCUT2D eigenvalue weighted by atomic mass is 10.1. The van der Waals surface area contributed by atoms with Gasteiger partial charge in [-0.05, 0) is 6.07 Å². The van der Waals surface area contributed by atoms with E-state index >= 15 is 0 Å². The Balaban J connectivity index is 2.07. The summed E-state index contributed by atoms with van der Waals surface area (Å²) in [5.74, 6) is -2.15. The average Bonchev–Trinajstić information content (AvgIpc) is 2.38. The highest BCUT2D eigenvalue weighted by Crippen LogP contribution is 2.14. The first kappa shape index (κ1) is 13.4. The third kappa shape index (κ3) is 3.25.